The van der Waals surface area contributed by atoms with Gasteiger partial charge in [-0.2, -0.15) is 0 Å². The second-order valence-electron chi connectivity index (χ2n) is 21.3. The third-order valence-electron chi connectivity index (χ3n) is 13.5. The molecular formula is C75H120O6. The van der Waals surface area contributed by atoms with Crippen molar-refractivity contribution in [2.75, 3.05) is 13.2 Å². The first-order valence-electron chi connectivity index (χ1n) is 33.0. The maximum atomic E-state index is 12.9. The summed E-state index contributed by atoms with van der Waals surface area (Å²) in [6, 6.07) is 0. The Labute approximate surface area is 499 Å². The third kappa shape index (κ3) is 65.7. The Morgan fingerprint density at radius 1 is 0.259 bits per heavy atom. The van der Waals surface area contributed by atoms with E-state index in [4.69, 9.17) is 14.2 Å². The fraction of sp³-hybridized carbons (Fsp3) is 0.613. The van der Waals surface area contributed by atoms with E-state index < -0.39 is 6.10 Å². The molecule has 0 fully saturated rings. The molecule has 6 heteroatoms. The highest BCUT2D eigenvalue weighted by Crippen LogP contribution is 2.15. The molecule has 0 saturated carbocycles. The number of unbranched alkanes of at least 4 members (excludes halogenated alkanes) is 21. The zero-order valence-corrected chi connectivity index (χ0v) is 52.2. The molecule has 0 N–H and O–H groups in total. The van der Waals surface area contributed by atoms with Crippen molar-refractivity contribution in [3.8, 4) is 0 Å². The molecule has 0 radical (unpaired) electrons. The molecule has 0 aliphatic carbocycles. The lowest BCUT2D eigenvalue weighted by molar-refractivity contribution is -0.167. The first-order chi connectivity index (χ1) is 40.0. The van der Waals surface area contributed by atoms with Crippen LogP contribution in [-0.2, 0) is 28.6 Å². The summed E-state index contributed by atoms with van der Waals surface area (Å²) in [6.07, 6.45) is 98.2. The van der Waals surface area contributed by atoms with E-state index in [0.29, 0.717) is 19.3 Å². The second kappa shape index (κ2) is 67.5. The van der Waals surface area contributed by atoms with E-state index in [1.54, 1.807) is 0 Å². The highest BCUT2D eigenvalue weighted by atomic mass is 16.6. The summed E-state index contributed by atoms with van der Waals surface area (Å²) in [7, 11) is 0. The van der Waals surface area contributed by atoms with Crippen molar-refractivity contribution in [3.63, 3.8) is 0 Å². The van der Waals surface area contributed by atoms with Crippen molar-refractivity contribution in [2.45, 2.75) is 284 Å². The van der Waals surface area contributed by atoms with Crippen LogP contribution in [-0.4, -0.2) is 37.2 Å². The van der Waals surface area contributed by atoms with Crippen LogP contribution < -0.4 is 0 Å². The molecule has 0 aliphatic heterocycles. The lowest BCUT2D eigenvalue weighted by Gasteiger charge is -2.18. The van der Waals surface area contributed by atoms with Crippen molar-refractivity contribution in [2.24, 2.45) is 0 Å². The van der Waals surface area contributed by atoms with E-state index in [1.165, 1.54) is 51.4 Å². The molecule has 6 nitrogen and oxygen atoms in total. The smallest absolute Gasteiger partial charge is 0.306 e. The predicted molar refractivity (Wildman–Crippen MR) is 352 cm³/mol. The quantitative estimate of drug-likeness (QED) is 0.0261. The Hall–Kier alpha value is -4.97. The van der Waals surface area contributed by atoms with Crippen LogP contribution in [0.15, 0.2) is 158 Å². The molecule has 0 amide bonds. The fourth-order valence-electron chi connectivity index (χ4n) is 8.63. The maximum absolute atomic E-state index is 12.9. The van der Waals surface area contributed by atoms with Crippen LogP contribution in [0.1, 0.15) is 278 Å². The number of hydrogen-bond donors (Lipinski definition) is 0. The molecule has 0 rings (SSSR count). The zero-order valence-electron chi connectivity index (χ0n) is 52.2. The maximum Gasteiger partial charge on any atom is 0.306 e. The fourth-order valence-corrected chi connectivity index (χ4v) is 8.63. The summed E-state index contributed by atoms with van der Waals surface area (Å²) < 4.78 is 16.9. The Kier molecular flexibility index (Phi) is 63.4. The second-order valence-corrected chi connectivity index (χ2v) is 21.3. The summed E-state index contributed by atoms with van der Waals surface area (Å²) in [4.78, 5) is 38.4. The van der Waals surface area contributed by atoms with Gasteiger partial charge in [-0.3, -0.25) is 14.4 Å². The van der Waals surface area contributed by atoms with Gasteiger partial charge in [0.05, 0.1) is 0 Å². The molecular weight excluding hydrogens is 997 g/mol. The van der Waals surface area contributed by atoms with Crippen LogP contribution in [0.4, 0.5) is 0 Å². The zero-order chi connectivity index (χ0) is 58.5. The minimum atomic E-state index is -0.805. The van der Waals surface area contributed by atoms with E-state index >= 15 is 0 Å². The molecule has 0 aromatic heterocycles. The standard InChI is InChI=1S/C75H120O6/c1-4-7-10-13-16-19-22-25-27-29-31-33-34-35-36-37-38-39-40-42-43-45-47-50-53-56-59-62-65-68-74(77)80-71-72(70-79-73(76)67-64-61-58-55-52-49-24-21-18-15-12-9-6-3)81-75(78)69-66-63-60-57-54-51-48-46-44-41-32-30-28-26-23-20-17-14-11-8-5-2/h7-8,10-12,15-17,19-21,24-28,31-33,35-36,38-39,41,46,48,72H,4-6,9,13-14,18,22-23,29-30,34,37,40,42-45,47,49-71H2,1-3H3/b10-7-,11-8-,15-12-,19-16-,20-17-,24-21-,27-25-,28-26-,33-31-,36-35-,39-38-,41-32-,48-46-. The lowest BCUT2D eigenvalue weighted by Crippen LogP contribution is -2.30. The minimum Gasteiger partial charge on any atom is -0.462 e. The van der Waals surface area contributed by atoms with E-state index in [0.717, 1.165) is 186 Å². The number of rotatable bonds is 58. The molecule has 0 aromatic rings. The highest BCUT2D eigenvalue weighted by Gasteiger charge is 2.19. The number of carbonyl (C=O) groups excluding carboxylic acids is 3. The Morgan fingerprint density at radius 2 is 0.481 bits per heavy atom. The van der Waals surface area contributed by atoms with Gasteiger partial charge in [0.2, 0.25) is 0 Å². The first kappa shape index (κ1) is 76.0. The van der Waals surface area contributed by atoms with Crippen LogP contribution in [0.25, 0.3) is 0 Å². The average molecular weight is 1120 g/mol. The van der Waals surface area contributed by atoms with Gasteiger partial charge in [-0.1, -0.05) is 275 Å². The Balaban J connectivity index is 4.37. The van der Waals surface area contributed by atoms with Gasteiger partial charge in [0.1, 0.15) is 13.2 Å². The normalized spacial score (nSPS) is 13.2. The van der Waals surface area contributed by atoms with Crippen LogP contribution in [0, 0.1) is 0 Å². The van der Waals surface area contributed by atoms with E-state index in [9.17, 15) is 14.4 Å². The van der Waals surface area contributed by atoms with E-state index in [-0.39, 0.29) is 31.1 Å². The van der Waals surface area contributed by atoms with Gasteiger partial charge in [0.25, 0.3) is 0 Å². The molecule has 456 valence electrons. The van der Waals surface area contributed by atoms with Crippen LogP contribution in [0.3, 0.4) is 0 Å². The monoisotopic (exact) mass is 1120 g/mol. The Morgan fingerprint density at radius 3 is 0.753 bits per heavy atom. The largest absolute Gasteiger partial charge is 0.462 e. The van der Waals surface area contributed by atoms with Gasteiger partial charge in [0, 0.05) is 19.3 Å². The number of esters is 3. The summed E-state index contributed by atoms with van der Waals surface area (Å²) in [6.45, 7) is 6.32. The third-order valence-corrected chi connectivity index (χ3v) is 13.5. The minimum absolute atomic E-state index is 0.0987. The molecule has 81 heavy (non-hydrogen) atoms. The number of ether oxygens (including phenoxy) is 3. The highest BCUT2D eigenvalue weighted by molar-refractivity contribution is 5.71. The molecule has 1 unspecified atom stereocenters. The number of hydrogen-bond acceptors (Lipinski definition) is 6. The summed E-state index contributed by atoms with van der Waals surface area (Å²) in [5.74, 6) is -0.937. The molecule has 0 spiro atoms. The van der Waals surface area contributed by atoms with Gasteiger partial charge < -0.3 is 14.2 Å². The number of carbonyl (C=O) groups is 3. The summed E-state index contributed by atoms with van der Waals surface area (Å²) in [5.41, 5.74) is 0. The van der Waals surface area contributed by atoms with Crippen LogP contribution in [0.5, 0.6) is 0 Å². The van der Waals surface area contributed by atoms with Gasteiger partial charge >= 0.3 is 17.9 Å². The SMILES string of the molecule is CC/C=C\C/C=C\C/C=C\C/C=C\C/C=C\C/C=C\CCCCCCCCCCCCC(=O)OCC(COC(=O)CCCCCCC/C=C\C/C=C\CCC)OC(=O)CCCCCCC/C=C\C/C=C\C/C=C\C/C=C\C/C=C\CC. The average Bonchev–Trinajstić information content (AvgIpc) is 3.46. The summed E-state index contributed by atoms with van der Waals surface area (Å²) >= 11 is 0. The van der Waals surface area contributed by atoms with Crippen LogP contribution in [0.2, 0.25) is 0 Å². The topological polar surface area (TPSA) is 78.9 Å². The molecule has 0 aliphatic rings. The number of allylic oxidation sites excluding steroid dienone is 26. The summed E-state index contributed by atoms with van der Waals surface area (Å²) in [5, 5.41) is 0. The Bertz CT molecular complexity index is 1810. The van der Waals surface area contributed by atoms with E-state index in [2.05, 4.69) is 179 Å². The molecule has 0 saturated heterocycles. The predicted octanol–water partition coefficient (Wildman–Crippen LogP) is 22.9. The van der Waals surface area contributed by atoms with Crippen molar-refractivity contribution in [3.05, 3.63) is 158 Å². The molecule has 0 bridgehead atoms. The lowest BCUT2D eigenvalue weighted by atomic mass is 10.1. The van der Waals surface area contributed by atoms with E-state index in [1.807, 2.05) is 0 Å². The van der Waals surface area contributed by atoms with Crippen molar-refractivity contribution in [1.82, 2.24) is 0 Å². The van der Waals surface area contributed by atoms with Gasteiger partial charge in [-0.05, 0) is 141 Å². The molecule has 0 aromatic carbocycles. The van der Waals surface area contributed by atoms with Gasteiger partial charge in [-0.15, -0.1) is 0 Å². The first-order valence-corrected chi connectivity index (χ1v) is 33.0. The van der Waals surface area contributed by atoms with Crippen molar-refractivity contribution >= 4 is 17.9 Å². The van der Waals surface area contributed by atoms with Gasteiger partial charge in [0.15, 0.2) is 6.10 Å². The van der Waals surface area contributed by atoms with Gasteiger partial charge in [-0.25, -0.2) is 0 Å². The molecule has 1 atom stereocenters. The molecule has 0 heterocycles. The van der Waals surface area contributed by atoms with Crippen molar-refractivity contribution in [1.29, 1.82) is 0 Å². The van der Waals surface area contributed by atoms with Crippen molar-refractivity contribution < 1.29 is 28.6 Å². The van der Waals surface area contributed by atoms with Crippen LogP contribution >= 0.6 is 0 Å².